The summed E-state index contributed by atoms with van der Waals surface area (Å²) in [5, 5.41) is 15.4. The molecule has 0 amide bonds. The molecule has 90 valence electrons. The number of phenolic OH excluding ortho intramolecular Hbond substituents is 1. The molecule has 6 nitrogen and oxygen atoms in total. The molecule has 2 heterocycles. The Bertz CT molecular complexity index is 678. The van der Waals surface area contributed by atoms with Gasteiger partial charge in [0.2, 0.25) is 5.82 Å². The summed E-state index contributed by atoms with van der Waals surface area (Å²) < 4.78 is 5.10. The Labute approximate surface area is 106 Å². The van der Waals surface area contributed by atoms with E-state index in [0.29, 0.717) is 22.8 Å². The molecule has 0 aliphatic heterocycles. The van der Waals surface area contributed by atoms with E-state index in [-0.39, 0.29) is 11.6 Å². The van der Waals surface area contributed by atoms with E-state index in [1.54, 1.807) is 17.6 Å². The van der Waals surface area contributed by atoms with Gasteiger partial charge in [-0.1, -0.05) is 5.16 Å². The van der Waals surface area contributed by atoms with Crippen molar-refractivity contribution in [2.45, 2.75) is 0 Å². The van der Waals surface area contributed by atoms with Crippen molar-refractivity contribution in [3.63, 3.8) is 0 Å². The number of nitrogens with two attached hydrogens (primary N) is 1. The number of rotatable bonds is 2. The number of phenols is 1. The topological polar surface area (TPSA) is 98.1 Å². The number of nitrogens with zero attached hydrogens (tertiary/aromatic N) is 3. The average Bonchev–Trinajstić information content (AvgIpc) is 2.99. The predicted octanol–water partition coefficient (Wildman–Crippen LogP) is 2.15. The van der Waals surface area contributed by atoms with Crippen LogP contribution in [0.15, 0.2) is 33.6 Å². The number of hydrogen-bond donors (Lipinski definition) is 2. The number of aromatic nitrogens is 3. The molecule has 3 aromatic rings. The first kappa shape index (κ1) is 10.7. The molecule has 0 saturated heterocycles. The minimum absolute atomic E-state index is 0.00322. The van der Waals surface area contributed by atoms with Crippen molar-refractivity contribution in [2.75, 3.05) is 5.73 Å². The van der Waals surface area contributed by atoms with Crippen molar-refractivity contribution in [2.24, 2.45) is 0 Å². The van der Waals surface area contributed by atoms with Gasteiger partial charge in [0.1, 0.15) is 11.4 Å². The maximum atomic E-state index is 9.76. The lowest BCUT2D eigenvalue weighted by Gasteiger charge is -1.99. The fourth-order valence-corrected chi connectivity index (χ4v) is 2.02. The molecule has 0 aliphatic rings. The fraction of sp³-hybridized carbons (Fsp3) is 0. The summed E-state index contributed by atoms with van der Waals surface area (Å²) in [6.07, 6.45) is 0. The van der Waals surface area contributed by atoms with E-state index in [9.17, 15) is 5.11 Å². The summed E-state index contributed by atoms with van der Waals surface area (Å²) in [7, 11) is 0. The number of hydrogen-bond acceptors (Lipinski definition) is 7. The normalized spacial score (nSPS) is 10.7. The van der Waals surface area contributed by atoms with Gasteiger partial charge in [-0.05, 0) is 12.1 Å². The zero-order valence-corrected chi connectivity index (χ0v) is 9.89. The van der Waals surface area contributed by atoms with Gasteiger partial charge in [-0.25, -0.2) is 4.98 Å². The summed E-state index contributed by atoms with van der Waals surface area (Å²) in [5.74, 6) is 0.626. The Morgan fingerprint density at radius 2 is 2.22 bits per heavy atom. The minimum Gasteiger partial charge on any atom is -0.507 e. The van der Waals surface area contributed by atoms with E-state index in [1.807, 2.05) is 5.38 Å². The number of nitrogen functional groups attached to an aromatic ring is 1. The summed E-state index contributed by atoms with van der Waals surface area (Å²) in [6, 6.07) is 4.72. The highest BCUT2D eigenvalue weighted by Crippen LogP contribution is 2.30. The lowest BCUT2D eigenvalue weighted by molar-refractivity contribution is 0.425. The number of aromatic hydroxyl groups is 1. The van der Waals surface area contributed by atoms with Crippen molar-refractivity contribution in [3.8, 4) is 28.7 Å². The standard InChI is InChI=1S/C11H8N4O2S/c12-6-1-2-7(9(16)3-6)11-14-10(15-17-11)8-4-18-5-13-8/h1-5,16H,12H2. The van der Waals surface area contributed by atoms with E-state index in [4.69, 9.17) is 10.3 Å². The van der Waals surface area contributed by atoms with Gasteiger partial charge in [0, 0.05) is 17.1 Å². The monoisotopic (exact) mass is 260 g/mol. The lowest BCUT2D eigenvalue weighted by Crippen LogP contribution is -1.86. The van der Waals surface area contributed by atoms with Crippen LogP contribution >= 0.6 is 11.3 Å². The molecule has 0 fully saturated rings. The number of anilines is 1. The Balaban J connectivity index is 2.03. The van der Waals surface area contributed by atoms with Crippen molar-refractivity contribution in [3.05, 3.63) is 29.1 Å². The zero-order valence-electron chi connectivity index (χ0n) is 9.07. The first-order valence-electron chi connectivity index (χ1n) is 5.05. The van der Waals surface area contributed by atoms with Gasteiger partial charge in [0.25, 0.3) is 5.89 Å². The van der Waals surface area contributed by atoms with Gasteiger partial charge < -0.3 is 15.4 Å². The smallest absolute Gasteiger partial charge is 0.262 e. The number of thiazole rings is 1. The van der Waals surface area contributed by atoms with Crippen LogP contribution < -0.4 is 5.73 Å². The van der Waals surface area contributed by atoms with Crippen LogP contribution in [0.5, 0.6) is 5.75 Å². The second kappa shape index (κ2) is 4.11. The largest absolute Gasteiger partial charge is 0.507 e. The molecule has 0 atom stereocenters. The SMILES string of the molecule is Nc1ccc(-c2nc(-c3cscn3)no2)c(O)c1. The molecule has 3 rings (SSSR count). The third kappa shape index (κ3) is 1.80. The molecule has 2 aromatic heterocycles. The fourth-order valence-electron chi connectivity index (χ4n) is 1.49. The van der Waals surface area contributed by atoms with Crippen LogP contribution in [0.25, 0.3) is 23.0 Å². The Kier molecular flexibility index (Phi) is 2.45. The molecule has 0 aliphatic carbocycles. The van der Waals surface area contributed by atoms with Gasteiger partial charge in [0.05, 0.1) is 11.1 Å². The summed E-state index contributed by atoms with van der Waals surface area (Å²) in [4.78, 5) is 8.26. The van der Waals surface area contributed by atoms with Crippen LogP contribution in [0.4, 0.5) is 5.69 Å². The van der Waals surface area contributed by atoms with Gasteiger partial charge in [-0.15, -0.1) is 11.3 Å². The molecule has 0 spiro atoms. The molecular weight excluding hydrogens is 252 g/mol. The molecular formula is C11H8N4O2S. The van der Waals surface area contributed by atoms with Crippen LogP contribution in [0.1, 0.15) is 0 Å². The molecule has 0 bridgehead atoms. The predicted molar refractivity (Wildman–Crippen MR) is 66.9 cm³/mol. The van der Waals surface area contributed by atoms with E-state index >= 15 is 0 Å². The van der Waals surface area contributed by atoms with Crippen LogP contribution in [0.3, 0.4) is 0 Å². The average molecular weight is 260 g/mol. The van der Waals surface area contributed by atoms with Crippen LogP contribution in [0.2, 0.25) is 0 Å². The van der Waals surface area contributed by atoms with E-state index in [0.717, 1.165) is 0 Å². The molecule has 0 radical (unpaired) electrons. The molecule has 1 aromatic carbocycles. The molecule has 18 heavy (non-hydrogen) atoms. The van der Waals surface area contributed by atoms with Gasteiger partial charge in [0.15, 0.2) is 0 Å². The van der Waals surface area contributed by atoms with Crippen molar-refractivity contribution >= 4 is 17.0 Å². The third-order valence-electron chi connectivity index (χ3n) is 2.34. The molecule has 7 heteroatoms. The van der Waals surface area contributed by atoms with Crippen LogP contribution in [-0.4, -0.2) is 20.2 Å². The van der Waals surface area contributed by atoms with Gasteiger partial charge in [-0.3, -0.25) is 0 Å². The molecule has 0 unspecified atom stereocenters. The first-order valence-corrected chi connectivity index (χ1v) is 5.99. The minimum atomic E-state index is 0.00322. The maximum absolute atomic E-state index is 9.76. The second-order valence-corrected chi connectivity index (χ2v) is 4.29. The van der Waals surface area contributed by atoms with Crippen LogP contribution in [-0.2, 0) is 0 Å². The number of benzene rings is 1. The van der Waals surface area contributed by atoms with Crippen molar-refractivity contribution in [1.82, 2.24) is 15.1 Å². The van der Waals surface area contributed by atoms with Gasteiger partial charge in [-0.2, -0.15) is 4.98 Å². The Morgan fingerprint density at radius 1 is 1.33 bits per heavy atom. The van der Waals surface area contributed by atoms with Crippen LogP contribution in [0, 0.1) is 0 Å². The van der Waals surface area contributed by atoms with Gasteiger partial charge >= 0.3 is 0 Å². The highest BCUT2D eigenvalue weighted by molar-refractivity contribution is 7.07. The van der Waals surface area contributed by atoms with Crippen molar-refractivity contribution < 1.29 is 9.63 Å². The molecule has 0 saturated carbocycles. The van der Waals surface area contributed by atoms with E-state index in [1.165, 1.54) is 17.4 Å². The summed E-state index contributed by atoms with van der Waals surface area (Å²) >= 11 is 1.45. The summed E-state index contributed by atoms with van der Waals surface area (Å²) in [5.41, 5.74) is 8.79. The zero-order chi connectivity index (χ0) is 12.5. The Morgan fingerprint density at radius 3 is 2.94 bits per heavy atom. The molecule has 3 N–H and O–H groups in total. The highest BCUT2D eigenvalue weighted by atomic mass is 32.1. The first-order chi connectivity index (χ1) is 8.74. The second-order valence-electron chi connectivity index (χ2n) is 3.57. The summed E-state index contributed by atoms with van der Waals surface area (Å²) in [6.45, 7) is 0. The quantitative estimate of drug-likeness (QED) is 0.685. The third-order valence-corrected chi connectivity index (χ3v) is 2.93. The van der Waals surface area contributed by atoms with E-state index in [2.05, 4.69) is 15.1 Å². The van der Waals surface area contributed by atoms with Crippen molar-refractivity contribution in [1.29, 1.82) is 0 Å². The Hall–Kier alpha value is -2.41. The van der Waals surface area contributed by atoms with E-state index < -0.39 is 0 Å². The lowest BCUT2D eigenvalue weighted by atomic mass is 10.2. The highest BCUT2D eigenvalue weighted by Gasteiger charge is 2.14. The maximum Gasteiger partial charge on any atom is 0.262 e.